The maximum atomic E-state index is 9.07. The maximum absolute atomic E-state index is 9.07. The van der Waals surface area contributed by atoms with Crippen LogP contribution in [0.2, 0.25) is 0 Å². The summed E-state index contributed by atoms with van der Waals surface area (Å²) in [5, 5.41) is 2.42. The van der Waals surface area contributed by atoms with Crippen molar-refractivity contribution in [2.24, 2.45) is 0 Å². The first kappa shape index (κ1) is 23.9. The molecule has 0 aliphatic carbocycles. The molecule has 8 aromatic carbocycles. The van der Waals surface area contributed by atoms with Crippen molar-refractivity contribution in [3.8, 4) is 62.1 Å². The summed E-state index contributed by atoms with van der Waals surface area (Å²) in [5.74, 6) is 1.55. The van der Waals surface area contributed by atoms with Crippen LogP contribution in [0.4, 0.5) is 0 Å². The van der Waals surface area contributed by atoms with Gasteiger partial charge < -0.3 is 8.98 Å². The van der Waals surface area contributed by atoms with E-state index in [2.05, 4.69) is 0 Å². The van der Waals surface area contributed by atoms with Gasteiger partial charge in [-0.1, -0.05) is 158 Å². The van der Waals surface area contributed by atoms with Crippen LogP contribution in [-0.4, -0.2) is 19.5 Å². The van der Waals surface area contributed by atoms with Crippen molar-refractivity contribution in [1.82, 2.24) is 19.5 Å². The van der Waals surface area contributed by atoms with Crippen LogP contribution in [0.25, 0.3) is 106 Å². The van der Waals surface area contributed by atoms with Crippen molar-refractivity contribution in [2.75, 3.05) is 0 Å². The Bertz CT molecular complexity index is 3730. The monoisotopic (exact) mass is 725 g/mol. The normalized spacial score (nSPS) is 13.8. The molecule has 5 heteroatoms. The highest BCUT2D eigenvalue weighted by molar-refractivity contribution is 6.16. The summed E-state index contributed by atoms with van der Waals surface area (Å²) in [6, 6.07) is 40.4. The zero-order valence-electron chi connectivity index (χ0n) is 38.5. The molecule has 0 aliphatic heterocycles. The summed E-state index contributed by atoms with van der Waals surface area (Å²) in [7, 11) is 0. The van der Waals surface area contributed by atoms with E-state index < -0.39 is 42.3 Å². The molecular formula is C51H32N4O. The predicted octanol–water partition coefficient (Wildman–Crippen LogP) is 13.2. The molecule has 0 saturated heterocycles. The first-order valence-electron chi connectivity index (χ1n) is 22.5. The SMILES string of the molecule is [2H]c1c([2H])c([2H])c(-c2cccc3c2c2c([2H])c([2H])c([2H])c([2H])c2n3-c2ccc(-c3ccc(-c4nc(-c5ccccc5)nc(-c5cccc6oc7ccccc7c56)n4)cc3)cc2)c([2H])c1[2H]. The molecule has 5 nitrogen and oxygen atoms in total. The van der Waals surface area contributed by atoms with E-state index in [1.807, 2.05) is 121 Å². The molecule has 0 atom stereocenters. The minimum Gasteiger partial charge on any atom is -0.456 e. The van der Waals surface area contributed by atoms with E-state index in [0.29, 0.717) is 34.1 Å². The van der Waals surface area contributed by atoms with Gasteiger partial charge in [0.15, 0.2) is 17.5 Å². The number of nitrogens with zero attached hydrogens (tertiary/aromatic N) is 4. The fourth-order valence-electron chi connectivity index (χ4n) is 7.54. The molecule has 3 aromatic heterocycles. The summed E-state index contributed by atoms with van der Waals surface area (Å²) in [6.07, 6.45) is 0. The number of para-hydroxylation sites is 2. The van der Waals surface area contributed by atoms with Gasteiger partial charge in [0.25, 0.3) is 0 Å². The third kappa shape index (κ3) is 5.29. The van der Waals surface area contributed by atoms with Crippen LogP contribution in [0.1, 0.15) is 12.3 Å². The van der Waals surface area contributed by atoms with Crippen LogP contribution in [0.15, 0.2) is 198 Å². The molecule has 0 N–H and O–H groups in total. The number of hydrogen-bond acceptors (Lipinski definition) is 4. The third-order valence-corrected chi connectivity index (χ3v) is 10.1. The Balaban J connectivity index is 1.01. The molecule has 0 saturated carbocycles. The number of furan rings is 1. The smallest absolute Gasteiger partial charge is 0.164 e. The van der Waals surface area contributed by atoms with Crippen LogP contribution < -0.4 is 0 Å². The van der Waals surface area contributed by atoms with E-state index in [1.165, 1.54) is 0 Å². The molecule has 0 radical (unpaired) electrons. The van der Waals surface area contributed by atoms with E-state index in [4.69, 9.17) is 31.7 Å². The van der Waals surface area contributed by atoms with Crippen molar-refractivity contribution >= 4 is 43.7 Å². The predicted molar refractivity (Wildman–Crippen MR) is 229 cm³/mol. The fourth-order valence-corrected chi connectivity index (χ4v) is 7.54. The topological polar surface area (TPSA) is 56.7 Å². The zero-order chi connectivity index (χ0) is 44.8. The van der Waals surface area contributed by atoms with Gasteiger partial charge in [-0.25, -0.2) is 15.0 Å². The van der Waals surface area contributed by atoms with Crippen LogP contribution in [0.5, 0.6) is 0 Å². The Labute approximate surface area is 335 Å². The maximum Gasteiger partial charge on any atom is 0.164 e. The van der Waals surface area contributed by atoms with Gasteiger partial charge in [0, 0.05) is 43.9 Å². The number of hydrogen-bond donors (Lipinski definition) is 0. The number of benzene rings is 8. The average molecular weight is 726 g/mol. The molecular weight excluding hydrogens is 685 g/mol. The van der Waals surface area contributed by atoms with Gasteiger partial charge in [-0.2, -0.15) is 0 Å². The van der Waals surface area contributed by atoms with Crippen LogP contribution in [0.3, 0.4) is 0 Å². The van der Waals surface area contributed by atoms with E-state index in [0.717, 1.165) is 49.8 Å². The molecule has 3 heterocycles. The highest BCUT2D eigenvalue weighted by Crippen LogP contribution is 2.39. The Morgan fingerprint density at radius 1 is 0.393 bits per heavy atom. The molecule has 0 spiro atoms. The number of fused-ring (bicyclic) bond motifs is 6. The van der Waals surface area contributed by atoms with E-state index in [1.54, 1.807) is 22.8 Å². The van der Waals surface area contributed by atoms with Crippen molar-refractivity contribution in [2.45, 2.75) is 0 Å². The molecule has 0 amide bonds. The van der Waals surface area contributed by atoms with Crippen LogP contribution in [-0.2, 0) is 0 Å². The highest BCUT2D eigenvalue weighted by atomic mass is 16.3. The Morgan fingerprint density at radius 3 is 1.80 bits per heavy atom. The lowest BCUT2D eigenvalue weighted by atomic mass is 9.99. The highest BCUT2D eigenvalue weighted by Gasteiger charge is 2.19. The van der Waals surface area contributed by atoms with Crippen LogP contribution in [0, 0.1) is 0 Å². The molecule has 11 aromatic rings. The quantitative estimate of drug-likeness (QED) is 0.171. The molecule has 0 aliphatic rings. The summed E-state index contributed by atoms with van der Waals surface area (Å²) in [5.41, 5.74) is 7.25. The standard InChI is InChI=1S/C51H32N4O/c1-3-13-35(14-4-1)39-19-11-22-44-47(39)40-17-7-9-21-43(40)55(44)38-31-29-34(30-32-38)33-25-27-37(28-26-33)50-52-49(36-15-5-2-6-16-36)53-51(54-50)42-20-12-24-46-48(42)41-18-8-10-23-45(41)56-46/h1-32H/i1D,3D,4D,7D,9D,13D,14D,17D,21D. The largest absolute Gasteiger partial charge is 0.456 e. The molecule has 0 unspecified atom stereocenters. The first-order chi connectivity index (χ1) is 31.5. The van der Waals surface area contributed by atoms with Crippen molar-refractivity contribution < 1.29 is 16.8 Å². The van der Waals surface area contributed by atoms with Gasteiger partial charge in [0.05, 0.1) is 23.4 Å². The second kappa shape index (κ2) is 13.0. The fraction of sp³-hybridized carbons (Fsp3) is 0. The summed E-state index contributed by atoms with van der Waals surface area (Å²) < 4.78 is 85.6. The second-order valence-corrected chi connectivity index (χ2v) is 13.3. The lowest BCUT2D eigenvalue weighted by Crippen LogP contribution is -2.00. The minimum atomic E-state index is -0.527. The van der Waals surface area contributed by atoms with Gasteiger partial charge >= 0.3 is 0 Å². The lowest BCUT2D eigenvalue weighted by molar-refractivity contribution is 0.669. The number of aromatic nitrogens is 4. The van der Waals surface area contributed by atoms with Crippen molar-refractivity contribution in [1.29, 1.82) is 0 Å². The lowest BCUT2D eigenvalue weighted by Gasteiger charge is -2.11. The zero-order valence-corrected chi connectivity index (χ0v) is 29.5. The van der Waals surface area contributed by atoms with E-state index >= 15 is 0 Å². The molecule has 0 bridgehead atoms. The third-order valence-electron chi connectivity index (χ3n) is 10.1. The summed E-state index contributed by atoms with van der Waals surface area (Å²) >= 11 is 0. The Morgan fingerprint density at radius 2 is 1.00 bits per heavy atom. The Kier molecular flexibility index (Phi) is 5.57. The average Bonchev–Trinajstić information content (AvgIpc) is 3.91. The van der Waals surface area contributed by atoms with Gasteiger partial charge in [-0.05, 0) is 58.6 Å². The molecule has 262 valence electrons. The minimum absolute atomic E-state index is 0.0551. The molecule has 11 rings (SSSR count). The van der Waals surface area contributed by atoms with E-state index in [9.17, 15) is 0 Å². The van der Waals surface area contributed by atoms with Crippen molar-refractivity contribution in [3.05, 3.63) is 194 Å². The second-order valence-electron chi connectivity index (χ2n) is 13.3. The van der Waals surface area contributed by atoms with Gasteiger partial charge in [-0.3, -0.25) is 0 Å². The summed E-state index contributed by atoms with van der Waals surface area (Å²) in [4.78, 5) is 15.0. The van der Waals surface area contributed by atoms with Gasteiger partial charge in [0.2, 0.25) is 0 Å². The van der Waals surface area contributed by atoms with Gasteiger partial charge in [-0.15, -0.1) is 0 Å². The van der Waals surface area contributed by atoms with E-state index in [-0.39, 0.29) is 34.1 Å². The molecule has 56 heavy (non-hydrogen) atoms. The molecule has 0 fully saturated rings. The Hall–Kier alpha value is -7.63. The van der Waals surface area contributed by atoms with Crippen LogP contribution >= 0.6 is 0 Å². The summed E-state index contributed by atoms with van der Waals surface area (Å²) in [6.45, 7) is 0. The van der Waals surface area contributed by atoms with Crippen molar-refractivity contribution in [3.63, 3.8) is 0 Å². The first-order valence-corrected chi connectivity index (χ1v) is 18.0. The number of rotatable bonds is 6. The van der Waals surface area contributed by atoms with Gasteiger partial charge in [0.1, 0.15) is 11.2 Å².